The Morgan fingerprint density at radius 2 is 2.22 bits per heavy atom. The van der Waals surface area contributed by atoms with Gasteiger partial charge in [0.1, 0.15) is 0 Å². The smallest absolute Gasteiger partial charge is 0.237 e. The number of carbonyl (C=O) groups excluding carboxylic acids is 1. The lowest BCUT2D eigenvalue weighted by atomic mass is 10.4. The molecule has 1 aromatic heterocycles. The fraction of sp³-hybridized carbons (Fsp3) is 0.667. The van der Waals surface area contributed by atoms with Gasteiger partial charge in [0.2, 0.25) is 5.91 Å². The molecule has 0 bridgehead atoms. The zero-order chi connectivity index (χ0) is 13.5. The average molecular weight is 317 g/mol. The summed E-state index contributed by atoms with van der Waals surface area (Å²) < 4.78 is 1.85. The lowest BCUT2D eigenvalue weighted by Gasteiger charge is -2.17. The van der Waals surface area contributed by atoms with Crippen LogP contribution in [0.2, 0.25) is 0 Å². The maximum atomic E-state index is 11.5. The van der Waals surface area contributed by atoms with Crippen LogP contribution >= 0.6 is 15.9 Å². The second-order valence-corrected chi connectivity index (χ2v) is 5.50. The third-order valence-corrected chi connectivity index (χ3v) is 3.22. The van der Waals surface area contributed by atoms with Crippen molar-refractivity contribution in [2.75, 3.05) is 25.0 Å². The van der Waals surface area contributed by atoms with Gasteiger partial charge in [0.05, 0.1) is 23.3 Å². The van der Waals surface area contributed by atoms with Gasteiger partial charge in [0.25, 0.3) is 0 Å². The van der Waals surface area contributed by atoms with Crippen LogP contribution in [-0.4, -0.2) is 45.0 Å². The Hall–Kier alpha value is -0.880. The molecule has 0 radical (unpaired) electrons. The van der Waals surface area contributed by atoms with Crippen LogP contribution in [0.15, 0.2) is 12.4 Å². The lowest BCUT2D eigenvalue weighted by Crippen LogP contribution is -2.27. The van der Waals surface area contributed by atoms with E-state index < -0.39 is 0 Å². The van der Waals surface area contributed by atoms with E-state index >= 15 is 0 Å². The molecule has 0 fully saturated rings. The Morgan fingerprint density at radius 3 is 2.78 bits per heavy atom. The third kappa shape index (κ3) is 4.78. The Morgan fingerprint density at radius 1 is 1.56 bits per heavy atom. The molecule has 6 heteroatoms. The quantitative estimate of drug-likeness (QED) is 0.782. The second-order valence-electron chi connectivity index (χ2n) is 4.12. The summed E-state index contributed by atoms with van der Waals surface area (Å²) in [5.41, 5.74) is 0.742. The van der Waals surface area contributed by atoms with Crippen LogP contribution in [0.5, 0.6) is 0 Å². The van der Waals surface area contributed by atoms with Crippen molar-refractivity contribution < 1.29 is 4.79 Å². The molecule has 0 spiro atoms. The molecular formula is C12H21BrN4O. The van der Waals surface area contributed by atoms with E-state index in [1.54, 1.807) is 13.1 Å². The van der Waals surface area contributed by atoms with Gasteiger partial charge in [0, 0.05) is 12.7 Å². The first-order chi connectivity index (χ1) is 8.56. The van der Waals surface area contributed by atoms with Gasteiger partial charge in [0.15, 0.2) is 0 Å². The average Bonchev–Trinajstić information content (AvgIpc) is 2.78. The van der Waals surface area contributed by atoms with E-state index in [0.717, 1.165) is 31.9 Å². The number of hydrogen-bond donors (Lipinski definition) is 1. The first-order valence-electron chi connectivity index (χ1n) is 6.26. The first kappa shape index (κ1) is 15.2. The fourth-order valence-electron chi connectivity index (χ4n) is 1.58. The molecule has 0 aliphatic carbocycles. The van der Waals surface area contributed by atoms with Crippen LogP contribution in [0.1, 0.15) is 20.8 Å². The summed E-state index contributed by atoms with van der Waals surface area (Å²) in [5, 5.41) is 7.02. The Bertz CT molecular complexity index is 374. The number of likely N-dealkylation sites (N-methyl/N-ethyl adjacent to an activating group) is 1. The summed E-state index contributed by atoms with van der Waals surface area (Å²) in [5.74, 6) is -0.0571. The van der Waals surface area contributed by atoms with Crippen molar-refractivity contribution in [1.82, 2.24) is 14.7 Å². The summed E-state index contributed by atoms with van der Waals surface area (Å²) >= 11 is 3.23. The van der Waals surface area contributed by atoms with Crippen molar-refractivity contribution in [3.8, 4) is 0 Å². The molecule has 1 rings (SSSR count). The summed E-state index contributed by atoms with van der Waals surface area (Å²) in [7, 11) is 0. The zero-order valence-corrected chi connectivity index (χ0v) is 12.8. The molecule has 1 aromatic rings. The van der Waals surface area contributed by atoms with E-state index in [1.807, 2.05) is 10.9 Å². The van der Waals surface area contributed by atoms with Crippen LogP contribution in [0, 0.1) is 0 Å². The van der Waals surface area contributed by atoms with Crippen molar-refractivity contribution in [2.24, 2.45) is 0 Å². The van der Waals surface area contributed by atoms with Gasteiger partial charge >= 0.3 is 0 Å². The number of nitrogens with one attached hydrogen (secondary N) is 1. The van der Waals surface area contributed by atoms with Crippen molar-refractivity contribution in [3.63, 3.8) is 0 Å². The SMILES string of the molecule is CCN(CC)CCn1cc(NC(=O)C(C)Br)cn1. The summed E-state index contributed by atoms with van der Waals surface area (Å²) in [6.45, 7) is 9.98. The number of carbonyl (C=O) groups is 1. The van der Waals surface area contributed by atoms with Gasteiger partial charge < -0.3 is 10.2 Å². The molecule has 0 saturated carbocycles. The number of halogens is 1. The van der Waals surface area contributed by atoms with Crippen LogP contribution in [0.25, 0.3) is 0 Å². The highest BCUT2D eigenvalue weighted by molar-refractivity contribution is 9.10. The van der Waals surface area contributed by atoms with Gasteiger partial charge in [-0.15, -0.1) is 0 Å². The third-order valence-electron chi connectivity index (χ3n) is 2.80. The van der Waals surface area contributed by atoms with E-state index in [2.05, 4.69) is 45.1 Å². The first-order valence-corrected chi connectivity index (χ1v) is 7.18. The van der Waals surface area contributed by atoms with Gasteiger partial charge in [-0.1, -0.05) is 29.8 Å². The van der Waals surface area contributed by atoms with Gasteiger partial charge in [-0.25, -0.2) is 0 Å². The largest absolute Gasteiger partial charge is 0.322 e. The highest BCUT2D eigenvalue weighted by Crippen LogP contribution is 2.08. The van der Waals surface area contributed by atoms with Crippen molar-refractivity contribution in [3.05, 3.63) is 12.4 Å². The summed E-state index contributed by atoms with van der Waals surface area (Å²) in [6, 6.07) is 0. The number of nitrogens with zero attached hydrogens (tertiary/aromatic N) is 3. The number of amides is 1. The highest BCUT2D eigenvalue weighted by atomic mass is 79.9. The molecule has 1 atom stereocenters. The minimum absolute atomic E-state index is 0.0571. The molecule has 0 aliphatic heterocycles. The monoisotopic (exact) mass is 316 g/mol. The van der Waals surface area contributed by atoms with Gasteiger partial charge in [-0.2, -0.15) is 5.10 Å². The van der Waals surface area contributed by atoms with E-state index in [9.17, 15) is 4.79 Å². The molecule has 0 aliphatic rings. The van der Waals surface area contributed by atoms with Crippen molar-refractivity contribution >= 4 is 27.5 Å². The van der Waals surface area contributed by atoms with Crippen LogP contribution in [-0.2, 0) is 11.3 Å². The molecule has 18 heavy (non-hydrogen) atoms. The number of rotatable bonds is 7. The van der Waals surface area contributed by atoms with Crippen molar-refractivity contribution in [2.45, 2.75) is 32.1 Å². The normalized spacial score (nSPS) is 12.7. The minimum Gasteiger partial charge on any atom is -0.322 e. The molecule has 5 nitrogen and oxygen atoms in total. The van der Waals surface area contributed by atoms with E-state index in [4.69, 9.17) is 0 Å². The Labute approximate surface area is 117 Å². The van der Waals surface area contributed by atoms with Crippen LogP contribution in [0.4, 0.5) is 5.69 Å². The number of aromatic nitrogens is 2. The Kier molecular flexibility index (Phi) is 6.35. The predicted molar refractivity (Wildman–Crippen MR) is 77.0 cm³/mol. The predicted octanol–water partition coefficient (Wildman–Crippen LogP) is 1.95. The van der Waals surface area contributed by atoms with Gasteiger partial charge in [-0.3, -0.25) is 9.48 Å². The lowest BCUT2D eigenvalue weighted by molar-refractivity contribution is -0.115. The maximum Gasteiger partial charge on any atom is 0.237 e. The molecule has 0 aromatic carbocycles. The standard InChI is InChI=1S/C12H21BrN4O/c1-4-16(5-2)6-7-17-9-11(8-14-17)15-12(18)10(3)13/h8-10H,4-7H2,1-3H3,(H,15,18). The van der Waals surface area contributed by atoms with Crippen LogP contribution in [0.3, 0.4) is 0 Å². The molecule has 1 N–H and O–H groups in total. The molecular weight excluding hydrogens is 296 g/mol. The molecule has 102 valence electrons. The maximum absolute atomic E-state index is 11.5. The summed E-state index contributed by atoms with van der Waals surface area (Å²) in [4.78, 5) is 13.6. The van der Waals surface area contributed by atoms with Gasteiger partial charge in [-0.05, 0) is 20.0 Å². The van der Waals surface area contributed by atoms with E-state index in [0.29, 0.717) is 0 Å². The molecule has 0 saturated heterocycles. The molecule has 1 unspecified atom stereocenters. The van der Waals surface area contributed by atoms with E-state index in [1.165, 1.54) is 0 Å². The summed E-state index contributed by atoms with van der Waals surface area (Å²) in [6.07, 6.45) is 3.53. The zero-order valence-electron chi connectivity index (χ0n) is 11.2. The molecule has 1 amide bonds. The second kappa shape index (κ2) is 7.53. The highest BCUT2D eigenvalue weighted by Gasteiger charge is 2.09. The number of alkyl halides is 1. The van der Waals surface area contributed by atoms with Crippen LogP contribution < -0.4 is 5.32 Å². The Balaban J connectivity index is 2.45. The number of anilines is 1. The van der Waals surface area contributed by atoms with Crippen molar-refractivity contribution in [1.29, 1.82) is 0 Å². The minimum atomic E-state index is -0.198. The molecule has 1 heterocycles. The number of hydrogen-bond acceptors (Lipinski definition) is 3. The fourth-order valence-corrected chi connectivity index (χ4v) is 1.69. The topological polar surface area (TPSA) is 50.2 Å². The van der Waals surface area contributed by atoms with E-state index in [-0.39, 0.29) is 10.7 Å².